The van der Waals surface area contributed by atoms with Gasteiger partial charge in [0, 0.05) is 74.8 Å². The molecule has 0 unspecified atom stereocenters. The summed E-state index contributed by atoms with van der Waals surface area (Å²) >= 11 is 0. The fraction of sp³-hybridized carbons (Fsp3) is 0.421. The van der Waals surface area contributed by atoms with Crippen molar-refractivity contribution in [2.45, 2.75) is 71.8 Å². The van der Waals surface area contributed by atoms with Gasteiger partial charge in [0.05, 0.1) is 81.8 Å². The molecule has 0 fully saturated rings. The second kappa shape index (κ2) is 24.1. The van der Waals surface area contributed by atoms with E-state index in [0.717, 1.165) is 45.8 Å². The summed E-state index contributed by atoms with van der Waals surface area (Å²) in [5, 5.41) is 7.06. The second-order valence-electron chi connectivity index (χ2n) is 18.7. The van der Waals surface area contributed by atoms with E-state index in [9.17, 15) is 14.4 Å². The fourth-order valence-electron chi connectivity index (χ4n) is 9.91. The Labute approximate surface area is 423 Å². The molecule has 0 aromatic heterocycles. The Morgan fingerprint density at radius 1 is 0.750 bits per heavy atom. The van der Waals surface area contributed by atoms with E-state index in [2.05, 4.69) is 40.3 Å². The molecule has 0 spiro atoms. The number of Topliss-reactive ketones (excluding diaryl/α,β-unsaturated/α-hetero) is 1. The third-order valence-corrected chi connectivity index (χ3v) is 13.6. The van der Waals surface area contributed by atoms with Crippen LogP contribution in [0.1, 0.15) is 77.4 Å². The largest absolute Gasteiger partial charge is 0.493 e. The van der Waals surface area contributed by atoms with Crippen LogP contribution < -0.4 is 39.4 Å². The van der Waals surface area contributed by atoms with Gasteiger partial charge >= 0.3 is 0 Å². The van der Waals surface area contributed by atoms with Crippen molar-refractivity contribution < 1.29 is 47.5 Å². The fourth-order valence-corrected chi connectivity index (χ4v) is 9.91. The summed E-state index contributed by atoms with van der Waals surface area (Å²) in [6.07, 6.45) is 8.38. The molecule has 2 amide bonds. The molecule has 0 radical (unpaired) electrons. The Bertz CT molecular complexity index is 2680. The molecule has 2 N–H and O–H groups in total. The number of benzene rings is 4. The van der Waals surface area contributed by atoms with Crippen molar-refractivity contribution in [3.8, 4) is 23.0 Å². The summed E-state index contributed by atoms with van der Waals surface area (Å²) in [6.45, 7) is 14.8. The molecular weight excluding hydrogens is 915 g/mol. The van der Waals surface area contributed by atoms with E-state index in [-0.39, 0.29) is 48.8 Å². The van der Waals surface area contributed by atoms with Crippen LogP contribution in [0.25, 0.3) is 0 Å². The quantitative estimate of drug-likeness (QED) is 0.0609. The summed E-state index contributed by atoms with van der Waals surface area (Å²) in [5.41, 5.74) is 8.92. The van der Waals surface area contributed by atoms with E-state index < -0.39 is 0 Å². The van der Waals surface area contributed by atoms with Crippen molar-refractivity contribution in [3.63, 3.8) is 0 Å². The lowest BCUT2D eigenvalue weighted by Crippen LogP contribution is -2.39. The molecule has 4 aromatic rings. The first-order valence-corrected chi connectivity index (χ1v) is 25.0. The maximum atomic E-state index is 14.2. The van der Waals surface area contributed by atoms with Crippen molar-refractivity contribution in [2.24, 2.45) is 5.92 Å². The lowest BCUT2D eigenvalue weighted by Gasteiger charge is -2.26. The van der Waals surface area contributed by atoms with Crippen molar-refractivity contribution in [3.05, 3.63) is 131 Å². The number of ether oxygens (including phenoxy) is 7. The molecule has 72 heavy (non-hydrogen) atoms. The van der Waals surface area contributed by atoms with Crippen molar-refractivity contribution >= 4 is 40.3 Å². The molecule has 4 aliphatic rings. The van der Waals surface area contributed by atoms with Crippen molar-refractivity contribution in [2.75, 3.05) is 101 Å². The molecule has 382 valence electrons. The number of nitrogens with zero attached hydrogens (tertiary/aromatic N) is 3. The molecule has 2 atom stereocenters. The topological polar surface area (TPSA) is 150 Å². The van der Waals surface area contributed by atoms with Crippen LogP contribution in [0.5, 0.6) is 23.0 Å². The van der Waals surface area contributed by atoms with Crippen LogP contribution in [0, 0.1) is 5.92 Å². The minimum Gasteiger partial charge on any atom is -0.493 e. The Balaban J connectivity index is 1.07. The van der Waals surface area contributed by atoms with Gasteiger partial charge in [-0.3, -0.25) is 14.4 Å². The number of ketones is 1. The summed E-state index contributed by atoms with van der Waals surface area (Å²) < 4.78 is 41.8. The van der Waals surface area contributed by atoms with E-state index in [1.807, 2.05) is 79.1 Å². The third kappa shape index (κ3) is 11.6. The van der Waals surface area contributed by atoms with Gasteiger partial charge in [0.1, 0.15) is 19.0 Å². The highest BCUT2D eigenvalue weighted by atomic mass is 16.5. The predicted octanol–water partition coefficient (Wildman–Crippen LogP) is 9.01. The van der Waals surface area contributed by atoms with E-state index >= 15 is 0 Å². The Morgan fingerprint density at radius 2 is 1.35 bits per heavy atom. The number of amides is 2. The van der Waals surface area contributed by atoms with Gasteiger partial charge in [-0.05, 0) is 90.9 Å². The van der Waals surface area contributed by atoms with Crippen LogP contribution in [0.4, 0.5) is 22.7 Å². The minimum absolute atomic E-state index is 0.0194. The van der Waals surface area contributed by atoms with Crippen LogP contribution in [0.3, 0.4) is 0 Å². The number of anilines is 4. The van der Waals surface area contributed by atoms with E-state index in [0.29, 0.717) is 124 Å². The molecule has 4 aliphatic heterocycles. The van der Waals surface area contributed by atoms with Gasteiger partial charge in [0.15, 0.2) is 23.0 Å². The molecule has 0 aliphatic carbocycles. The molecule has 0 bridgehead atoms. The van der Waals surface area contributed by atoms with Gasteiger partial charge in [-0.15, -0.1) is 0 Å². The number of carbonyl (C=O) groups is 3. The molecule has 4 heterocycles. The number of hydrogen-bond donors (Lipinski definition) is 2. The smallest absolute Gasteiger partial charge is 0.260 e. The standard InChI is InChI=1S/C57H69N5O10/c1-8-13-40-27-43-33-58-47-31-54(52(67-6)29-45(47)56(64)61(43)49(40)9-2)71-35-38-24-39(26-42(25-38)60(17-12-16-51(63)37(3)4)18-19-69-22-23-70-21-20-66-5)36-72-55-32-48-46(30-53(55)68-7)57(65)62-44(34-59-48)28-41-14-10-11-15-50(41)62/h8-11,13-15,24-26,29-32,37,43-44,58-59H,2,12,16-23,27-28,33-36H2,1,3-7H3/b13-8-/t43-,44-/m0/s1. The highest BCUT2D eigenvalue weighted by Crippen LogP contribution is 2.43. The first kappa shape index (κ1) is 51.5. The van der Waals surface area contributed by atoms with Gasteiger partial charge in [0.25, 0.3) is 11.8 Å². The zero-order valence-electron chi connectivity index (χ0n) is 42.6. The number of methoxy groups -OCH3 is 3. The molecular formula is C57H69N5O10. The number of nitrogens with one attached hydrogen (secondary N) is 2. The number of carbonyl (C=O) groups excluding carboxylic acids is 3. The SMILES string of the molecule is C=CC1=C(/C=C\C)C[C@H]2CNc3cc(OCc4cc(COc5cc6c(cc5OC)C(=O)N5c7ccccc7C[C@H]5CN6)cc(N(CCCC(=O)C(C)C)CCOCCOCCOC)c4)c(OC)cc3C(=O)N12. The summed E-state index contributed by atoms with van der Waals surface area (Å²) in [7, 11) is 4.78. The summed E-state index contributed by atoms with van der Waals surface area (Å²) in [6, 6.07) is 21.4. The minimum atomic E-state index is -0.131. The molecule has 0 saturated carbocycles. The monoisotopic (exact) mass is 984 g/mol. The van der Waals surface area contributed by atoms with Gasteiger partial charge in [-0.2, -0.15) is 0 Å². The highest BCUT2D eigenvalue weighted by molar-refractivity contribution is 6.12. The van der Waals surface area contributed by atoms with Crippen LogP contribution >= 0.6 is 0 Å². The number of allylic oxidation sites excluding steroid dienone is 3. The van der Waals surface area contributed by atoms with Crippen LogP contribution in [0.15, 0.2) is 103 Å². The number of rotatable bonds is 25. The average molecular weight is 984 g/mol. The van der Waals surface area contributed by atoms with Gasteiger partial charge in [0.2, 0.25) is 0 Å². The van der Waals surface area contributed by atoms with Crippen LogP contribution in [0.2, 0.25) is 0 Å². The Kier molecular flexibility index (Phi) is 17.2. The zero-order chi connectivity index (χ0) is 50.7. The normalized spacial score (nSPS) is 16.8. The van der Waals surface area contributed by atoms with Gasteiger partial charge in [-0.25, -0.2) is 0 Å². The van der Waals surface area contributed by atoms with Gasteiger partial charge in [-0.1, -0.05) is 50.8 Å². The average Bonchev–Trinajstić information content (AvgIpc) is 3.87. The maximum absolute atomic E-state index is 14.2. The first-order valence-electron chi connectivity index (χ1n) is 25.0. The Morgan fingerprint density at radius 3 is 1.94 bits per heavy atom. The molecule has 8 rings (SSSR count). The molecule has 15 heteroatoms. The highest BCUT2D eigenvalue weighted by Gasteiger charge is 2.39. The zero-order valence-corrected chi connectivity index (χ0v) is 42.6. The second-order valence-corrected chi connectivity index (χ2v) is 18.7. The number of hydrogen-bond acceptors (Lipinski definition) is 13. The molecule has 15 nitrogen and oxygen atoms in total. The van der Waals surface area contributed by atoms with Crippen molar-refractivity contribution in [1.82, 2.24) is 4.90 Å². The summed E-state index contributed by atoms with van der Waals surface area (Å²) in [5.74, 6) is 1.77. The van der Waals surface area contributed by atoms with Gasteiger partial charge < -0.3 is 58.5 Å². The Hall–Kier alpha value is -6.81. The first-order chi connectivity index (χ1) is 35.0. The van der Waals surface area contributed by atoms with Crippen molar-refractivity contribution in [1.29, 1.82) is 0 Å². The summed E-state index contributed by atoms with van der Waals surface area (Å²) in [4.78, 5) is 47.2. The van der Waals surface area contributed by atoms with E-state index in [1.54, 1.807) is 39.5 Å². The number of para-hydroxylation sites is 1. The maximum Gasteiger partial charge on any atom is 0.260 e. The lowest BCUT2D eigenvalue weighted by molar-refractivity contribution is -0.121. The van der Waals surface area contributed by atoms with Crippen LogP contribution in [-0.2, 0) is 38.6 Å². The third-order valence-electron chi connectivity index (χ3n) is 13.6. The molecule has 0 saturated heterocycles. The molecule has 4 aromatic carbocycles. The van der Waals surface area contributed by atoms with E-state index in [1.165, 1.54) is 0 Å². The number of fused-ring (bicyclic) bond motifs is 6. The van der Waals surface area contributed by atoms with Crippen LogP contribution in [-0.4, -0.2) is 115 Å². The van der Waals surface area contributed by atoms with E-state index in [4.69, 9.17) is 33.2 Å². The lowest BCUT2D eigenvalue weighted by atomic mass is 10.0. The predicted molar refractivity (Wildman–Crippen MR) is 280 cm³/mol.